The molecule has 4 N–H and O–H groups in total. The van der Waals surface area contributed by atoms with Gasteiger partial charge in [0.15, 0.2) is 0 Å². The molecule has 1 aromatic carbocycles. The fraction of sp³-hybridized carbons (Fsp3) is 0.545. The normalized spacial score (nSPS) is 33.1. The number of carbonyl (C=O) groups excluding carboxylic acids is 4. The topological polar surface area (TPSA) is 122 Å². The Kier molecular flexibility index (Phi) is 4.71. The Balaban J connectivity index is 1.26. The lowest BCUT2D eigenvalue weighted by Crippen LogP contribution is -2.54. The highest BCUT2D eigenvalue weighted by Gasteiger charge is 2.45. The molecule has 4 amide bonds. The van der Waals surface area contributed by atoms with Gasteiger partial charge in [0, 0.05) is 25.0 Å². The van der Waals surface area contributed by atoms with Crippen molar-refractivity contribution in [2.75, 3.05) is 0 Å². The number of piperidine rings is 1. The highest BCUT2D eigenvalue weighted by Crippen LogP contribution is 2.43. The van der Waals surface area contributed by atoms with Crippen LogP contribution >= 0.6 is 0 Å². The van der Waals surface area contributed by atoms with Crippen molar-refractivity contribution in [2.45, 2.75) is 63.2 Å². The summed E-state index contributed by atoms with van der Waals surface area (Å²) in [6.07, 6.45) is 4.81. The third kappa shape index (κ3) is 3.24. The summed E-state index contributed by atoms with van der Waals surface area (Å²) in [5.74, 6) is -0.453. The Labute approximate surface area is 174 Å². The third-order valence-electron chi connectivity index (χ3n) is 7.15. The number of hydrogen-bond acceptors (Lipinski definition) is 6. The minimum Gasteiger partial charge on any atom is -0.328 e. The van der Waals surface area contributed by atoms with Gasteiger partial charge in [0.2, 0.25) is 11.8 Å². The first-order valence-electron chi connectivity index (χ1n) is 10.7. The second kappa shape index (κ2) is 7.28. The lowest BCUT2D eigenvalue weighted by Gasteiger charge is -2.27. The average molecular weight is 410 g/mol. The Bertz CT molecular complexity index is 931. The van der Waals surface area contributed by atoms with Crippen LogP contribution in [0.1, 0.15) is 64.8 Å². The van der Waals surface area contributed by atoms with Gasteiger partial charge in [0.05, 0.1) is 11.1 Å². The summed E-state index contributed by atoms with van der Waals surface area (Å²) in [5, 5.41) is 5.81. The van der Waals surface area contributed by atoms with Crippen molar-refractivity contribution in [3.63, 3.8) is 0 Å². The summed E-state index contributed by atoms with van der Waals surface area (Å²) in [5.41, 5.74) is 7.65. The van der Waals surface area contributed by atoms with Crippen LogP contribution in [0.2, 0.25) is 0 Å². The van der Waals surface area contributed by atoms with Gasteiger partial charge in [0.1, 0.15) is 6.04 Å². The molecular formula is C22H26N4O4. The Morgan fingerprint density at radius 1 is 1.00 bits per heavy atom. The van der Waals surface area contributed by atoms with E-state index in [0.29, 0.717) is 29.8 Å². The summed E-state index contributed by atoms with van der Waals surface area (Å²) >= 11 is 0. The highest BCUT2D eigenvalue weighted by molar-refractivity contribution is 6.23. The second-order valence-corrected chi connectivity index (χ2v) is 9.13. The van der Waals surface area contributed by atoms with E-state index in [0.717, 1.165) is 48.0 Å². The number of nitrogens with zero attached hydrogens (tertiary/aromatic N) is 1. The van der Waals surface area contributed by atoms with Crippen molar-refractivity contribution in [1.82, 2.24) is 15.5 Å². The molecule has 0 bridgehead atoms. The van der Waals surface area contributed by atoms with Gasteiger partial charge >= 0.3 is 0 Å². The van der Waals surface area contributed by atoms with Crippen LogP contribution in [-0.2, 0) is 16.1 Å². The van der Waals surface area contributed by atoms with Crippen molar-refractivity contribution >= 4 is 23.6 Å². The predicted molar refractivity (Wildman–Crippen MR) is 107 cm³/mol. The maximum atomic E-state index is 12.9. The molecule has 8 nitrogen and oxygen atoms in total. The smallest absolute Gasteiger partial charge is 0.262 e. The molecule has 1 aromatic rings. The van der Waals surface area contributed by atoms with Crippen molar-refractivity contribution in [1.29, 1.82) is 0 Å². The number of imide groups is 2. The standard InChI is InChI=1S/C22H26N4O4/c23-14-6-12-8-15(9-13(12)7-14)24-10-11-1-2-16-17(5-11)22(30)26(21(16)29)18-3-4-19(27)25-20(18)28/h1-2,5,12-15,18,24H,3-4,6-10,23H2,(H,25,27,28)/t12-,13+,14?,15?,18?. The number of amides is 4. The molecule has 5 rings (SSSR count). The van der Waals surface area contributed by atoms with Crippen LogP contribution in [-0.4, -0.2) is 46.7 Å². The fourth-order valence-electron chi connectivity index (χ4n) is 5.72. The molecule has 3 fully saturated rings. The van der Waals surface area contributed by atoms with Gasteiger partial charge in [-0.15, -0.1) is 0 Å². The number of fused-ring (bicyclic) bond motifs is 2. The first-order chi connectivity index (χ1) is 14.4. The molecule has 0 aromatic heterocycles. The third-order valence-corrected chi connectivity index (χ3v) is 7.15. The van der Waals surface area contributed by atoms with Crippen molar-refractivity contribution in [2.24, 2.45) is 17.6 Å². The van der Waals surface area contributed by atoms with Gasteiger partial charge in [0.25, 0.3) is 11.8 Å². The van der Waals surface area contributed by atoms with Gasteiger partial charge in [-0.2, -0.15) is 0 Å². The van der Waals surface area contributed by atoms with Gasteiger partial charge in [-0.25, -0.2) is 0 Å². The lowest BCUT2D eigenvalue weighted by atomic mass is 10.0. The summed E-state index contributed by atoms with van der Waals surface area (Å²) in [7, 11) is 0. The van der Waals surface area contributed by atoms with Crippen molar-refractivity contribution < 1.29 is 19.2 Å². The molecule has 158 valence electrons. The molecule has 8 heteroatoms. The number of nitrogens with two attached hydrogens (primary N) is 1. The molecule has 2 heterocycles. The quantitative estimate of drug-likeness (QED) is 0.628. The first kappa shape index (κ1) is 19.4. The van der Waals surface area contributed by atoms with E-state index in [-0.39, 0.29) is 18.7 Å². The molecule has 30 heavy (non-hydrogen) atoms. The first-order valence-corrected chi connectivity index (χ1v) is 10.7. The lowest BCUT2D eigenvalue weighted by molar-refractivity contribution is -0.136. The molecule has 3 unspecified atom stereocenters. The maximum Gasteiger partial charge on any atom is 0.262 e. The van der Waals surface area contributed by atoms with Crippen LogP contribution in [0.15, 0.2) is 18.2 Å². The number of rotatable bonds is 4. The highest BCUT2D eigenvalue weighted by atomic mass is 16.2. The molecule has 0 spiro atoms. The van der Waals surface area contributed by atoms with E-state index in [1.807, 2.05) is 6.07 Å². The Hall–Kier alpha value is -2.58. The maximum absolute atomic E-state index is 12.9. The SMILES string of the molecule is NC1C[C@@H]2CC(NCc3ccc4c(c3)C(=O)N(C3CCC(=O)NC3=O)C4=O)C[C@@H]2C1. The van der Waals surface area contributed by atoms with Crippen LogP contribution < -0.4 is 16.4 Å². The van der Waals surface area contributed by atoms with Gasteiger partial charge in [-0.1, -0.05) is 6.07 Å². The van der Waals surface area contributed by atoms with E-state index in [4.69, 9.17) is 5.73 Å². The molecule has 4 aliphatic rings. The molecular weight excluding hydrogens is 384 g/mol. The van der Waals surface area contributed by atoms with Crippen molar-refractivity contribution in [3.05, 3.63) is 34.9 Å². The van der Waals surface area contributed by atoms with Crippen LogP contribution in [0.5, 0.6) is 0 Å². The number of benzene rings is 1. The summed E-state index contributed by atoms with van der Waals surface area (Å²) < 4.78 is 0. The fourth-order valence-corrected chi connectivity index (χ4v) is 5.72. The van der Waals surface area contributed by atoms with E-state index in [2.05, 4.69) is 10.6 Å². The largest absolute Gasteiger partial charge is 0.328 e. The van der Waals surface area contributed by atoms with Gasteiger partial charge in [-0.3, -0.25) is 29.4 Å². The van der Waals surface area contributed by atoms with Gasteiger partial charge in [-0.05, 0) is 61.6 Å². The zero-order valence-corrected chi connectivity index (χ0v) is 16.7. The Morgan fingerprint density at radius 2 is 1.70 bits per heavy atom. The van der Waals surface area contributed by atoms with E-state index in [9.17, 15) is 19.2 Å². The zero-order valence-electron chi connectivity index (χ0n) is 16.7. The molecule has 2 saturated carbocycles. The Morgan fingerprint density at radius 3 is 2.40 bits per heavy atom. The minimum atomic E-state index is -0.930. The van der Waals surface area contributed by atoms with Crippen LogP contribution in [0.25, 0.3) is 0 Å². The molecule has 1 saturated heterocycles. The summed E-state index contributed by atoms with van der Waals surface area (Å²) in [4.78, 5) is 50.2. The van der Waals surface area contributed by atoms with Gasteiger partial charge < -0.3 is 11.1 Å². The summed E-state index contributed by atoms with van der Waals surface area (Å²) in [6.45, 7) is 0.628. The van der Waals surface area contributed by atoms with E-state index >= 15 is 0 Å². The molecule has 5 atom stereocenters. The zero-order chi connectivity index (χ0) is 21.0. The average Bonchev–Trinajstić information content (AvgIpc) is 3.31. The summed E-state index contributed by atoms with van der Waals surface area (Å²) in [6, 6.07) is 5.16. The van der Waals surface area contributed by atoms with E-state index in [1.165, 1.54) is 0 Å². The monoisotopic (exact) mass is 410 g/mol. The molecule has 2 aliphatic carbocycles. The van der Waals surface area contributed by atoms with Crippen molar-refractivity contribution in [3.8, 4) is 0 Å². The van der Waals surface area contributed by atoms with Crippen LogP contribution in [0.3, 0.4) is 0 Å². The van der Waals surface area contributed by atoms with Crippen LogP contribution in [0, 0.1) is 11.8 Å². The van der Waals surface area contributed by atoms with Crippen LogP contribution in [0.4, 0.5) is 0 Å². The number of hydrogen-bond donors (Lipinski definition) is 3. The van der Waals surface area contributed by atoms with E-state index in [1.54, 1.807) is 12.1 Å². The number of nitrogens with one attached hydrogen (secondary N) is 2. The minimum absolute atomic E-state index is 0.118. The second-order valence-electron chi connectivity index (χ2n) is 9.13. The van der Waals surface area contributed by atoms with E-state index < -0.39 is 23.8 Å². The molecule has 0 radical (unpaired) electrons. The molecule has 2 aliphatic heterocycles. The number of carbonyl (C=O) groups is 4. The predicted octanol–water partition coefficient (Wildman–Crippen LogP) is 0.693.